The second kappa shape index (κ2) is 6.60. The van der Waals surface area contributed by atoms with Crippen molar-refractivity contribution in [2.45, 2.75) is 38.5 Å². The molecular formula is C22H20I2. The molecule has 2 atom stereocenters. The third-order valence-electron chi connectivity index (χ3n) is 5.51. The Hall–Kier alpha value is -0.620. The SMILES string of the molecule is CC1=Cc2c(I)cccc2C1CCC1C(C)=Cc2c(I)cccc21. The molecular weight excluding hydrogens is 518 g/mol. The van der Waals surface area contributed by atoms with Crippen LogP contribution in [0.2, 0.25) is 0 Å². The van der Waals surface area contributed by atoms with E-state index in [4.69, 9.17) is 0 Å². The summed E-state index contributed by atoms with van der Waals surface area (Å²) >= 11 is 4.93. The van der Waals surface area contributed by atoms with Crippen LogP contribution in [0, 0.1) is 7.14 Å². The van der Waals surface area contributed by atoms with E-state index in [-0.39, 0.29) is 0 Å². The van der Waals surface area contributed by atoms with Gasteiger partial charge in [-0.25, -0.2) is 0 Å². The maximum absolute atomic E-state index is 2.47. The van der Waals surface area contributed by atoms with Crippen molar-refractivity contribution in [1.29, 1.82) is 0 Å². The van der Waals surface area contributed by atoms with Gasteiger partial charge in [-0.1, -0.05) is 47.6 Å². The monoisotopic (exact) mass is 538 g/mol. The second-order valence-electron chi connectivity index (χ2n) is 6.94. The van der Waals surface area contributed by atoms with Gasteiger partial charge in [-0.05, 0) is 106 Å². The molecule has 0 aliphatic heterocycles. The predicted octanol–water partition coefficient (Wildman–Crippen LogP) is 7.38. The highest BCUT2D eigenvalue weighted by Crippen LogP contribution is 2.46. The zero-order valence-electron chi connectivity index (χ0n) is 13.9. The van der Waals surface area contributed by atoms with E-state index in [1.807, 2.05) is 0 Å². The van der Waals surface area contributed by atoms with Crippen molar-refractivity contribution in [3.05, 3.63) is 76.9 Å². The first kappa shape index (κ1) is 16.8. The van der Waals surface area contributed by atoms with Crippen molar-refractivity contribution >= 4 is 57.3 Å². The Kier molecular flexibility index (Phi) is 4.63. The fourth-order valence-electron chi connectivity index (χ4n) is 4.27. The normalized spacial score (nSPS) is 21.3. The van der Waals surface area contributed by atoms with Crippen molar-refractivity contribution in [1.82, 2.24) is 0 Å². The number of hydrogen-bond acceptors (Lipinski definition) is 0. The standard InChI is InChI=1S/C22H20I2/c1-13-11-19-17(5-3-7-21(19)23)15(13)9-10-16-14(2)12-20-18(16)6-4-8-22(20)24/h3-8,11-12,15-16H,9-10H2,1-2H3. The van der Waals surface area contributed by atoms with Crippen LogP contribution in [0.25, 0.3) is 12.2 Å². The van der Waals surface area contributed by atoms with Gasteiger partial charge >= 0.3 is 0 Å². The molecule has 2 heteroatoms. The Morgan fingerprint density at radius 3 is 1.54 bits per heavy atom. The molecule has 4 rings (SSSR count). The van der Waals surface area contributed by atoms with Gasteiger partial charge in [-0.3, -0.25) is 0 Å². The average Bonchev–Trinajstić information content (AvgIpc) is 3.04. The summed E-state index contributed by atoms with van der Waals surface area (Å²) in [6.45, 7) is 4.60. The summed E-state index contributed by atoms with van der Waals surface area (Å²) in [5.41, 5.74) is 9.01. The van der Waals surface area contributed by atoms with E-state index in [9.17, 15) is 0 Å². The Morgan fingerprint density at radius 2 is 1.12 bits per heavy atom. The Balaban J connectivity index is 1.58. The number of halogens is 2. The number of rotatable bonds is 3. The van der Waals surface area contributed by atoms with Gasteiger partial charge in [-0.2, -0.15) is 0 Å². The summed E-state index contributed by atoms with van der Waals surface area (Å²) in [4.78, 5) is 0. The van der Waals surface area contributed by atoms with Crippen molar-refractivity contribution < 1.29 is 0 Å². The van der Waals surface area contributed by atoms with Gasteiger partial charge < -0.3 is 0 Å². The highest BCUT2D eigenvalue weighted by molar-refractivity contribution is 14.1. The fraction of sp³-hybridized carbons (Fsp3) is 0.273. The smallest absolute Gasteiger partial charge is 0.0205 e. The van der Waals surface area contributed by atoms with E-state index in [2.05, 4.69) is 108 Å². The van der Waals surface area contributed by atoms with Gasteiger partial charge in [0.25, 0.3) is 0 Å². The van der Waals surface area contributed by atoms with E-state index in [0.29, 0.717) is 11.8 Å². The van der Waals surface area contributed by atoms with Gasteiger partial charge in [0.15, 0.2) is 0 Å². The maximum atomic E-state index is 2.47. The third-order valence-corrected chi connectivity index (χ3v) is 7.39. The molecule has 0 saturated heterocycles. The molecule has 0 fully saturated rings. The van der Waals surface area contributed by atoms with Gasteiger partial charge in [-0.15, -0.1) is 0 Å². The molecule has 0 saturated carbocycles. The van der Waals surface area contributed by atoms with Crippen LogP contribution < -0.4 is 0 Å². The molecule has 2 aliphatic rings. The number of allylic oxidation sites excluding steroid dienone is 2. The lowest BCUT2D eigenvalue weighted by Gasteiger charge is -2.20. The Bertz CT molecular complexity index is 800. The molecule has 0 spiro atoms. The average molecular weight is 538 g/mol. The van der Waals surface area contributed by atoms with Crippen LogP contribution in [0.3, 0.4) is 0 Å². The summed E-state index contributed by atoms with van der Waals surface area (Å²) < 4.78 is 2.76. The first-order valence-corrected chi connectivity index (χ1v) is 10.6. The predicted molar refractivity (Wildman–Crippen MR) is 120 cm³/mol. The summed E-state index contributed by atoms with van der Waals surface area (Å²) in [7, 11) is 0. The molecule has 24 heavy (non-hydrogen) atoms. The van der Waals surface area contributed by atoms with Crippen LogP contribution in [-0.2, 0) is 0 Å². The largest absolute Gasteiger partial charge is 0.0652 e. The third kappa shape index (κ3) is 2.79. The zero-order chi connectivity index (χ0) is 16.8. The minimum absolute atomic E-state index is 0.592. The first-order chi connectivity index (χ1) is 11.6. The molecule has 2 aromatic rings. The lowest BCUT2D eigenvalue weighted by Crippen LogP contribution is -2.03. The summed E-state index contributed by atoms with van der Waals surface area (Å²) in [5, 5.41) is 0. The van der Waals surface area contributed by atoms with Crippen molar-refractivity contribution in [2.24, 2.45) is 0 Å². The quantitative estimate of drug-likeness (QED) is 0.358. The number of hydrogen-bond donors (Lipinski definition) is 0. The van der Waals surface area contributed by atoms with E-state index in [1.54, 1.807) is 0 Å². The Labute approximate surface area is 171 Å². The van der Waals surface area contributed by atoms with Crippen molar-refractivity contribution in [2.75, 3.05) is 0 Å². The zero-order valence-corrected chi connectivity index (χ0v) is 18.3. The van der Waals surface area contributed by atoms with Gasteiger partial charge in [0.05, 0.1) is 0 Å². The number of fused-ring (bicyclic) bond motifs is 2. The highest BCUT2D eigenvalue weighted by Gasteiger charge is 2.28. The molecule has 0 radical (unpaired) electrons. The first-order valence-electron chi connectivity index (χ1n) is 8.49. The van der Waals surface area contributed by atoms with Gasteiger partial charge in [0, 0.05) is 19.0 Å². The lowest BCUT2D eigenvalue weighted by atomic mass is 9.85. The molecule has 0 aromatic heterocycles. The summed E-state index contributed by atoms with van der Waals surface area (Å²) in [6.07, 6.45) is 7.26. The second-order valence-corrected chi connectivity index (χ2v) is 9.27. The van der Waals surface area contributed by atoms with Gasteiger partial charge in [0.2, 0.25) is 0 Å². The summed E-state index contributed by atoms with van der Waals surface area (Å²) in [5.74, 6) is 1.18. The molecule has 2 aromatic carbocycles. The van der Waals surface area contributed by atoms with Crippen LogP contribution >= 0.6 is 45.2 Å². The van der Waals surface area contributed by atoms with Crippen LogP contribution in [0.15, 0.2) is 47.5 Å². The highest BCUT2D eigenvalue weighted by atomic mass is 127. The summed E-state index contributed by atoms with van der Waals surface area (Å²) in [6, 6.07) is 13.5. The molecule has 0 heterocycles. The molecule has 2 unspecified atom stereocenters. The fourth-order valence-corrected chi connectivity index (χ4v) is 5.62. The van der Waals surface area contributed by atoms with Crippen LogP contribution in [0.5, 0.6) is 0 Å². The van der Waals surface area contributed by atoms with Crippen molar-refractivity contribution in [3.8, 4) is 0 Å². The molecule has 0 N–H and O–H groups in total. The molecule has 0 nitrogen and oxygen atoms in total. The lowest BCUT2D eigenvalue weighted by molar-refractivity contribution is 0.611. The molecule has 0 bridgehead atoms. The van der Waals surface area contributed by atoms with E-state index in [0.717, 1.165) is 0 Å². The minimum Gasteiger partial charge on any atom is -0.0652 e. The van der Waals surface area contributed by atoms with Crippen LogP contribution in [-0.4, -0.2) is 0 Å². The van der Waals surface area contributed by atoms with E-state index < -0.39 is 0 Å². The molecule has 0 amide bonds. The van der Waals surface area contributed by atoms with E-state index in [1.165, 1.54) is 53.4 Å². The topological polar surface area (TPSA) is 0 Å². The molecule has 122 valence electrons. The van der Waals surface area contributed by atoms with E-state index >= 15 is 0 Å². The van der Waals surface area contributed by atoms with Crippen LogP contribution in [0.4, 0.5) is 0 Å². The van der Waals surface area contributed by atoms with Crippen LogP contribution in [0.1, 0.15) is 60.8 Å². The van der Waals surface area contributed by atoms with Crippen molar-refractivity contribution in [3.63, 3.8) is 0 Å². The number of benzene rings is 2. The minimum atomic E-state index is 0.592. The van der Waals surface area contributed by atoms with Gasteiger partial charge in [0.1, 0.15) is 0 Å². The maximum Gasteiger partial charge on any atom is 0.0205 e. The molecule has 2 aliphatic carbocycles. The Morgan fingerprint density at radius 1 is 0.708 bits per heavy atom.